The zero-order valence-electron chi connectivity index (χ0n) is 20.6. The summed E-state index contributed by atoms with van der Waals surface area (Å²) in [6.07, 6.45) is 1.28. The third kappa shape index (κ3) is 6.72. The van der Waals surface area contributed by atoms with Crippen LogP contribution < -0.4 is 16.1 Å². The molecule has 0 spiro atoms. The molecule has 0 aliphatic carbocycles. The van der Waals surface area contributed by atoms with E-state index in [1.165, 1.54) is 24.4 Å². The highest BCUT2D eigenvalue weighted by Crippen LogP contribution is 2.29. The molecule has 0 aliphatic rings. The van der Waals surface area contributed by atoms with Gasteiger partial charge in [0.1, 0.15) is 17.3 Å². The van der Waals surface area contributed by atoms with Crippen LogP contribution in [0.15, 0.2) is 59.0 Å². The number of aromatic hydroxyl groups is 2. The van der Waals surface area contributed by atoms with Crippen LogP contribution in [0, 0.1) is 0 Å². The Balaban J connectivity index is 1.40. The number of nitrogens with one attached hydrogen (secondary N) is 3. The number of likely N-dealkylation sites (N-methyl/N-ethyl adjacent to an activating group) is 1. The van der Waals surface area contributed by atoms with E-state index in [-0.39, 0.29) is 11.5 Å². The summed E-state index contributed by atoms with van der Waals surface area (Å²) >= 11 is 1.61. The van der Waals surface area contributed by atoms with Crippen molar-refractivity contribution in [3.05, 3.63) is 59.5 Å². The molecule has 0 saturated carbocycles. The Morgan fingerprint density at radius 3 is 2.59 bits per heavy atom. The monoisotopic (exact) mass is 519 g/mol. The minimum absolute atomic E-state index is 0.0628. The van der Waals surface area contributed by atoms with Crippen LogP contribution in [0.1, 0.15) is 19.4 Å². The predicted octanol–water partition coefficient (Wildman–Crippen LogP) is 4.68. The smallest absolute Gasteiger partial charge is 0.339 e. The minimum atomic E-state index is -0.544. The number of amides is 2. The number of thiophene rings is 1. The van der Waals surface area contributed by atoms with Crippen molar-refractivity contribution < 1.29 is 15.0 Å². The van der Waals surface area contributed by atoms with Crippen LogP contribution in [0.4, 0.5) is 16.3 Å². The zero-order chi connectivity index (χ0) is 26.2. The molecule has 0 saturated heterocycles. The van der Waals surface area contributed by atoms with Gasteiger partial charge in [0.05, 0.1) is 16.4 Å². The Morgan fingerprint density at radius 1 is 1.08 bits per heavy atom. The number of fused-ring (bicyclic) bond motifs is 1. The normalized spacial score (nSPS) is 11.3. The van der Waals surface area contributed by atoms with Crippen molar-refractivity contribution in [2.75, 3.05) is 36.8 Å². The first-order valence-electron chi connectivity index (χ1n) is 11.9. The van der Waals surface area contributed by atoms with Crippen LogP contribution in [0.3, 0.4) is 0 Å². The van der Waals surface area contributed by atoms with Crippen molar-refractivity contribution in [1.82, 2.24) is 20.3 Å². The Kier molecular flexibility index (Phi) is 8.49. The van der Waals surface area contributed by atoms with E-state index in [0.29, 0.717) is 17.1 Å². The lowest BCUT2D eigenvalue weighted by Crippen LogP contribution is -2.28. The van der Waals surface area contributed by atoms with Crippen molar-refractivity contribution >= 4 is 45.3 Å². The quantitative estimate of drug-likeness (QED) is 0.152. The molecule has 0 atom stereocenters. The van der Waals surface area contributed by atoms with Gasteiger partial charge in [0.25, 0.3) is 0 Å². The van der Waals surface area contributed by atoms with E-state index in [4.69, 9.17) is 9.97 Å². The second kappa shape index (κ2) is 12.2. The van der Waals surface area contributed by atoms with Crippen molar-refractivity contribution in [3.63, 3.8) is 0 Å². The van der Waals surface area contributed by atoms with Gasteiger partial charge in [-0.05, 0) is 60.9 Å². The van der Waals surface area contributed by atoms with Gasteiger partial charge in [-0.15, -0.1) is 11.3 Å². The van der Waals surface area contributed by atoms with Gasteiger partial charge in [0, 0.05) is 36.0 Å². The van der Waals surface area contributed by atoms with Crippen LogP contribution >= 0.6 is 11.3 Å². The summed E-state index contributed by atoms with van der Waals surface area (Å²) in [7, 11) is 0. The predicted molar refractivity (Wildman–Crippen MR) is 149 cm³/mol. The van der Waals surface area contributed by atoms with Gasteiger partial charge in [-0.2, -0.15) is 5.10 Å². The molecule has 0 bridgehead atoms. The summed E-state index contributed by atoms with van der Waals surface area (Å²) in [6, 6.07) is 12.7. The number of nitrogens with zero attached hydrogens (tertiary/aromatic N) is 4. The summed E-state index contributed by atoms with van der Waals surface area (Å²) in [4.78, 5) is 24.0. The van der Waals surface area contributed by atoms with E-state index in [1.807, 2.05) is 23.6 Å². The molecule has 4 rings (SSSR count). The molecule has 2 aromatic carbocycles. The molecular weight excluding hydrogens is 490 g/mol. The van der Waals surface area contributed by atoms with Gasteiger partial charge in [-0.3, -0.25) is 0 Å². The number of carbonyl (C=O) groups excluding carboxylic acids is 1. The molecule has 2 heterocycles. The summed E-state index contributed by atoms with van der Waals surface area (Å²) in [5.41, 5.74) is 4.97. The van der Waals surface area contributed by atoms with Crippen LogP contribution in [-0.4, -0.2) is 63.5 Å². The zero-order valence-corrected chi connectivity index (χ0v) is 21.4. The Morgan fingerprint density at radius 2 is 1.86 bits per heavy atom. The van der Waals surface area contributed by atoms with Crippen molar-refractivity contribution in [3.8, 4) is 22.9 Å². The van der Waals surface area contributed by atoms with Crippen LogP contribution in [0.5, 0.6) is 11.5 Å². The maximum Gasteiger partial charge on any atom is 0.339 e. The number of carbonyl (C=O) groups is 1. The number of rotatable bonds is 10. The number of benzene rings is 2. The first-order valence-corrected chi connectivity index (χ1v) is 12.8. The standard InChI is InChI=1S/C26H29N7O3S/c1-3-33(4-2)13-12-27-25-23-21(11-14-37-23)30-24(31-25)17-5-8-19(9-6-17)29-26(36)32-28-16-18-7-10-20(34)15-22(18)35/h5-11,14-16,34-35H,3-4,12-13H2,1-2H3,(H,27,30,31)(H2,29,32,36)/b28-16+. The van der Waals surface area contributed by atoms with Crippen LogP contribution in [0.25, 0.3) is 21.6 Å². The van der Waals surface area contributed by atoms with E-state index in [0.717, 1.165) is 47.8 Å². The third-order valence-electron chi connectivity index (χ3n) is 5.70. The average Bonchev–Trinajstić information content (AvgIpc) is 3.37. The lowest BCUT2D eigenvalue weighted by Gasteiger charge is -2.18. The van der Waals surface area contributed by atoms with Crippen molar-refractivity contribution in [1.29, 1.82) is 0 Å². The van der Waals surface area contributed by atoms with Gasteiger partial charge in [0.15, 0.2) is 5.82 Å². The van der Waals surface area contributed by atoms with Gasteiger partial charge < -0.3 is 25.7 Å². The summed E-state index contributed by atoms with van der Waals surface area (Å²) in [5, 5.41) is 31.1. The molecule has 2 amide bonds. The molecule has 0 aliphatic heterocycles. The number of hydrogen-bond acceptors (Lipinski definition) is 9. The number of urea groups is 1. The van der Waals surface area contributed by atoms with Crippen LogP contribution in [-0.2, 0) is 0 Å². The Bertz CT molecular complexity index is 1380. The number of hydrazone groups is 1. The van der Waals surface area contributed by atoms with E-state index in [9.17, 15) is 15.0 Å². The summed E-state index contributed by atoms with van der Waals surface area (Å²) in [6.45, 7) is 8.05. The molecule has 0 fully saturated rings. The fraction of sp³-hybridized carbons (Fsp3) is 0.231. The number of anilines is 2. The Hall–Kier alpha value is -4.22. The molecule has 192 valence electrons. The molecule has 0 radical (unpaired) electrons. The number of phenols is 2. The highest BCUT2D eigenvalue weighted by molar-refractivity contribution is 7.17. The maximum atomic E-state index is 12.2. The minimum Gasteiger partial charge on any atom is -0.508 e. The SMILES string of the molecule is CCN(CC)CCNc1nc(-c2ccc(NC(=O)N/N=C/c3ccc(O)cc3O)cc2)nc2ccsc12. The number of phenolic OH excluding ortho intramolecular Hbond substituents is 2. The molecule has 10 nitrogen and oxygen atoms in total. The fourth-order valence-electron chi connectivity index (χ4n) is 3.65. The molecule has 11 heteroatoms. The third-order valence-corrected chi connectivity index (χ3v) is 6.61. The Labute approximate surface area is 218 Å². The van der Waals surface area contributed by atoms with E-state index >= 15 is 0 Å². The van der Waals surface area contributed by atoms with E-state index in [2.05, 4.69) is 39.9 Å². The molecule has 5 N–H and O–H groups in total. The highest BCUT2D eigenvalue weighted by atomic mass is 32.1. The van der Waals surface area contributed by atoms with Gasteiger partial charge in [-0.1, -0.05) is 13.8 Å². The van der Waals surface area contributed by atoms with E-state index in [1.54, 1.807) is 23.5 Å². The molecule has 37 heavy (non-hydrogen) atoms. The number of hydrogen-bond donors (Lipinski definition) is 5. The molecule has 2 aromatic heterocycles. The second-order valence-corrected chi connectivity index (χ2v) is 9.05. The van der Waals surface area contributed by atoms with Crippen molar-refractivity contribution in [2.24, 2.45) is 5.10 Å². The summed E-state index contributed by atoms with van der Waals surface area (Å²) < 4.78 is 1.03. The van der Waals surface area contributed by atoms with Gasteiger partial charge in [-0.25, -0.2) is 20.2 Å². The second-order valence-electron chi connectivity index (χ2n) is 8.13. The summed E-state index contributed by atoms with van der Waals surface area (Å²) in [5.74, 6) is 1.21. The van der Waals surface area contributed by atoms with Crippen LogP contribution in [0.2, 0.25) is 0 Å². The fourth-order valence-corrected chi connectivity index (χ4v) is 4.44. The van der Waals surface area contributed by atoms with Crippen molar-refractivity contribution in [2.45, 2.75) is 13.8 Å². The highest BCUT2D eigenvalue weighted by Gasteiger charge is 2.11. The molecule has 4 aromatic rings. The molecular formula is C26H29N7O3S. The lowest BCUT2D eigenvalue weighted by atomic mass is 10.2. The molecule has 0 unspecified atom stereocenters. The van der Waals surface area contributed by atoms with E-state index < -0.39 is 6.03 Å². The average molecular weight is 520 g/mol. The lowest BCUT2D eigenvalue weighted by molar-refractivity contribution is 0.252. The first-order chi connectivity index (χ1) is 18.0. The maximum absolute atomic E-state index is 12.2. The number of aromatic nitrogens is 2. The van der Waals surface area contributed by atoms with Gasteiger partial charge >= 0.3 is 6.03 Å². The topological polar surface area (TPSA) is 135 Å². The largest absolute Gasteiger partial charge is 0.508 e. The first kappa shape index (κ1) is 25.9. The van der Waals surface area contributed by atoms with Gasteiger partial charge in [0.2, 0.25) is 0 Å².